The van der Waals surface area contributed by atoms with Gasteiger partial charge >= 0.3 is 0 Å². The van der Waals surface area contributed by atoms with Crippen LogP contribution in [0.3, 0.4) is 0 Å². The van der Waals surface area contributed by atoms with Crippen LogP contribution < -0.4 is 4.72 Å². The average Bonchev–Trinajstić information content (AvgIpc) is 1.99. The van der Waals surface area contributed by atoms with E-state index in [9.17, 15) is 17.2 Å². The molecule has 0 aliphatic carbocycles. The average molecular weight is 232 g/mol. The number of nitrogens with zero attached hydrogens (tertiary/aromatic N) is 1. The van der Waals surface area contributed by atoms with Crippen molar-refractivity contribution in [2.45, 2.75) is 0 Å². The summed E-state index contributed by atoms with van der Waals surface area (Å²) in [7, 11) is -3.86. The van der Waals surface area contributed by atoms with Gasteiger partial charge in [0, 0.05) is 6.07 Å². The van der Waals surface area contributed by atoms with Crippen LogP contribution in [0.2, 0.25) is 0 Å². The molecule has 80 valence electrons. The van der Waals surface area contributed by atoms with E-state index in [1.165, 1.54) is 6.07 Å². The quantitative estimate of drug-likeness (QED) is 0.852. The summed E-state index contributed by atoms with van der Waals surface area (Å²) in [6.45, 7) is 0. The maximum Gasteiger partial charge on any atom is 0.246 e. The van der Waals surface area contributed by atoms with Crippen LogP contribution >= 0.6 is 0 Å². The first-order chi connectivity index (χ1) is 6.93. The molecule has 4 nitrogen and oxygen atoms in total. The molecule has 1 aromatic carbocycles. The first-order valence-electron chi connectivity index (χ1n) is 3.76. The fraction of sp³-hybridized carbons (Fsp3) is 0.125. The molecule has 0 spiro atoms. The molecule has 0 saturated carbocycles. The molecule has 1 aromatic rings. The summed E-state index contributed by atoms with van der Waals surface area (Å²) in [5.41, 5.74) is -0.247. The standard InChI is InChI=1S/C8H6F2N2O2S/c9-6-3-7(10)5-8(4-6)12-15(13,14)2-1-11/h3-5,12H,2H2. The van der Waals surface area contributed by atoms with E-state index in [1.54, 1.807) is 0 Å². The fourth-order valence-corrected chi connectivity index (χ4v) is 1.63. The van der Waals surface area contributed by atoms with Gasteiger partial charge in [0.1, 0.15) is 11.6 Å². The van der Waals surface area contributed by atoms with Crippen LogP contribution in [0.15, 0.2) is 18.2 Å². The lowest BCUT2D eigenvalue weighted by Gasteiger charge is -2.04. The van der Waals surface area contributed by atoms with E-state index in [1.807, 2.05) is 4.72 Å². The first-order valence-corrected chi connectivity index (χ1v) is 5.42. The van der Waals surface area contributed by atoms with Gasteiger partial charge in [-0.3, -0.25) is 4.72 Å². The molecule has 0 fully saturated rings. The zero-order valence-electron chi connectivity index (χ0n) is 7.37. The second-order valence-corrected chi connectivity index (χ2v) is 4.40. The van der Waals surface area contributed by atoms with Crippen LogP contribution in [0.1, 0.15) is 0 Å². The molecule has 0 heterocycles. The van der Waals surface area contributed by atoms with Crippen LogP contribution in [-0.4, -0.2) is 14.2 Å². The van der Waals surface area contributed by atoms with Crippen molar-refractivity contribution < 1.29 is 17.2 Å². The third-order valence-corrected chi connectivity index (χ3v) is 2.45. The number of sulfonamides is 1. The van der Waals surface area contributed by atoms with Crippen LogP contribution in [0.4, 0.5) is 14.5 Å². The van der Waals surface area contributed by atoms with Gasteiger partial charge in [-0.15, -0.1) is 0 Å². The lowest BCUT2D eigenvalue weighted by molar-refractivity contribution is 0.584. The van der Waals surface area contributed by atoms with Crippen molar-refractivity contribution in [3.8, 4) is 6.07 Å². The molecule has 7 heteroatoms. The zero-order chi connectivity index (χ0) is 11.5. The zero-order valence-corrected chi connectivity index (χ0v) is 8.18. The van der Waals surface area contributed by atoms with Crippen molar-refractivity contribution >= 4 is 15.7 Å². The molecule has 1 N–H and O–H groups in total. The van der Waals surface area contributed by atoms with Gasteiger partial charge in [0.05, 0.1) is 11.8 Å². The molecule has 0 bridgehead atoms. The van der Waals surface area contributed by atoms with Crippen LogP contribution in [0.5, 0.6) is 0 Å². The van der Waals surface area contributed by atoms with Crippen LogP contribution in [0, 0.1) is 23.0 Å². The molecule has 15 heavy (non-hydrogen) atoms. The highest BCUT2D eigenvalue weighted by Gasteiger charge is 2.10. The van der Waals surface area contributed by atoms with E-state index >= 15 is 0 Å². The van der Waals surface area contributed by atoms with Gasteiger partial charge in [-0.25, -0.2) is 17.2 Å². The maximum atomic E-state index is 12.6. The molecule has 0 atom stereocenters. The number of benzene rings is 1. The summed E-state index contributed by atoms with van der Waals surface area (Å²) in [5, 5.41) is 8.17. The molecule has 0 aromatic heterocycles. The van der Waals surface area contributed by atoms with Gasteiger partial charge in [0.15, 0.2) is 5.75 Å². The molecule has 1 rings (SSSR count). The van der Waals surface area contributed by atoms with Crippen molar-refractivity contribution in [3.63, 3.8) is 0 Å². The number of rotatable bonds is 3. The monoisotopic (exact) mass is 232 g/mol. The second-order valence-electron chi connectivity index (χ2n) is 2.68. The van der Waals surface area contributed by atoms with Crippen molar-refractivity contribution in [2.24, 2.45) is 0 Å². The van der Waals surface area contributed by atoms with Crippen LogP contribution in [-0.2, 0) is 10.0 Å². The number of halogens is 2. The Balaban J connectivity index is 2.96. The van der Waals surface area contributed by atoms with E-state index in [0.717, 1.165) is 12.1 Å². The van der Waals surface area contributed by atoms with E-state index < -0.39 is 27.4 Å². The second kappa shape index (κ2) is 4.23. The number of anilines is 1. The first kappa shape index (κ1) is 11.4. The Kier molecular flexibility index (Phi) is 3.21. The lowest BCUT2D eigenvalue weighted by atomic mass is 10.3. The molecular formula is C8H6F2N2O2S. The molecular weight excluding hydrogens is 226 g/mol. The molecule has 0 unspecified atom stereocenters. The summed E-state index contributed by atoms with van der Waals surface area (Å²) in [5.74, 6) is -2.57. The van der Waals surface area contributed by atoms with Gasteiger partial charge in [-0.05, 0) is 12.1 Å². The fourth-order valence-electron chi connectivity index (χ4n) is 0.913. The van der Waals surface area contributed by atoms with E-state index in [2.05, 4.69) is 0 Å². The SMILES string of the molecule is N#CCS(=O)(=O)Nc1cc(F)cc(F)c1. The minimum Gasteiger partial charge on any atom is -0.282 e. The van der Waals surface area contributed by atoms with E-state index in [4.69, 9.17) is 5.26 Å². The predicted molar refractivity (Wildman–Crippen MR) is 49.4 cm³/mol. The highest BCUT2D eigenvalue weighted by atomic mass is 32.2. The molecule has 0 amide bonds. The Hall–Kier alpha value is -1.68. The third kappa shape index (κ3) is 3.52. The number of nitrogens with one attached hydrogen (secondary N) is 1. The smallest absolute Gasteiger partial charge is 0.246 e. The van der Waals surface area contributed by atoms with Gasteiger partial charge in [-0.2, -0.15) is 5.26 Å². The van der Waals surface area contributed by atoms with Crippen molar-refractivity contribution in [3.05, 3.63) is 29.8 Å². The normalized spacial score (nSPS) is 10.7. The van der Waals surface area contributed by atoms with Gasteiger partial charge in [-0.1, -0.05) is 0 Å². The van der Waals surface area contributed by atoms with Gasteiger partial charge in [0.25, 0.3) is 0 Å². The molecule has 0 aliphatic rings. The summed E-state index contributed by atoms with van der Waals surface area (Å²) < 4.78 is 49.3. The molecule has 0 saturated heterocycles. The summed E-state index contributed by atoms with van der Waals surface area (Å²) >= 11 is 0. The van der Waals surface area contributed by atoms with Crippen molar-refractivity contribution in [1.29, 1.82) is 5.26 Å². The van der Waals surface area contributed by atoms with Crippen LogP contribution in [0.25, 0.3) is 0 Å². The summed E-state index contributed by atoms with van der Waals surface area (Å²) in [6, 6.07) is 3.67. The largest absolute Gasteiger partial charge is 0.282 e. The van der Waals surface area contributed by atoms with E-state index in [-0.39, 0.29) is 5.69 Å². The molecule has 0 radical (unpaired) electrons. The Morgan fingerprint density at radius 1 is 1.27 bits per heavy atom. The topological polar surface area (TPSA) is 70.0 Å². The number of nitriles is 1. The predicted octanol–water partition coefficient (Wildman–Crippen LogP) is 1.23. The maximum absolute atomic E-state index is 12.6. The lowest BCUT2D eigenvalue weighted by Crippen LogP contribution is -2.15. The Morgan fingerprint density at radius 2 is 1.80 bits per heavy atom. The molecule has 0 aliphatic heterocycles. The highest BCUT2D eigenvalue weighted by molar-refractivity contribution is 7.92. The number of hydrogen-bond donors (Lipinski definition) is 1. The minimum atomic E-state index is -3.86. The van der Waals surface area contributed by atoms with E-state index in [0.29, 0.717) is 6.07 Å². The minimum absolute atomic E-state index is 0.247. The van der Waals surface area contributed by atoms with Gasteiger partial charge < -0.3 is 0 Å². The Morgan fingerprint density at radius 3 is 2.27 bits per heavy atom. The van der Waals surface area contributed by atoms with Crippen molar-refractivity contribution in [1.82, 2.24) is 0 Å². The van der Waals surface area contributed by atoms with Gasteiger partial charge in [0.2, 0.25) is 10.0 Å². The third-order valence-electron chi connectivity index (χ3n) is 1.39. The summed E-state index contributed by atoms with van der Waals surface area (Å²) in [4.78, 5) is 0. The number of hydrogen-bond acceptors (Lipinski definition) is 3. The Bertz CT molecular complexity index is 488. The van der Waals surface area contributed by atoms with Crippen molar-refractivity contribution in [2.75, 3.05) is 10.5 Å². The summed E-state index contributed by atoms with van der Waals surface area (Å²) in [6.07, 6.45) is 0. The Labute approximate surface area is 85.2 Å². The highest BCUT2D eigenvalue weighted by Crippen LogP contribution is 2.14.